The van der Waals surface area contributed by atoms with E-state index >= 15 is 0 Å². The third-order valence-electron chi connectivity index (χ3n) is 2.87. The van der Waals surface area contributed by atoms with E-state index in [1.807, 2.05) is 0 Å². The smallest absolute Gasteiger partial charge is 0.344 e. The van der Waals surface area contributed by atoms with Crippen molar-refractivity contribution < 1.29 is 28.6 Å². The normalized spacial score (nSPS) is 15.2. The van der Waals surface area contributed by atoms with Crippen molar-refractivity contribution in [1.82, 2.24) is 0 Å². The first kappa shape index (κ1) is 16.2. The van der Waals surface area contributed by atoms with Crippen molar-refractivity contribution in [2.24, 2.45) is 0 Å². The monoisotopic (exact) mass is 284 g/mol. The van der Waals surface area contributed by atoms with Crippen molar-refractivity contribution in [2.75, 3.05) is 13.2 Å². The van der Waals surface area contributed by atoms with Crippen molar-refractivity contribution in [3.63, 3.8) is 0 Å². The van der Waals surface area contributed by atoms with E-state index < -0.39 is 31.1 Å². The highest BCUT2D eigenvalue weighted by molar-refractivity contribution is 5.88. The molecular formula is C14H20O6. The molecule has 0 N–H and O–H groups in total. The second kappa shape index (κ2) is 8.35. The number of rotatable bonds is 6. The molecule has 6 nitrogen and oxygen atoms in total. The van der Waals surface area contributed by atoms with E-state index in [0.717, 1.165) is 32.1 Å². The second-order valence-electron chi connectivity index (χ2n) is 4.77. The third kappa shape index (κ3) is 6.36. The lowest BCUT2D eigenvalue weighted by atomic mass is 9.98. The van der Waals surface area contributed by atoms with Gasteiger partial charge in [0, 0.05) is 5.57 Å². The summed E-state index contributed by atoms with van der Waals surface area (Å²) in [5.74, 6) is -2.04. The molecule has 1 aliphatic rings. The van der Waals surface area contributed by atoms with Gasteiger partial charge in [0.2, 0.25) is 0 Å². The zero-order chi connectivity index (χ0) is 15.0. The molecule has 0 heterocycles. The van der Waals surface area contributed by atoms with Gasteiger partial charge in [0.1, 0.15) is 6.10 Å². The summed E-state index contributed by atoms with van der Waals surface area (Å²) in [7, 11) is 0. The van der Waals surface area contributed by atoms with Crippen LogP contribution in [0.5, 0.6) is 0 Å². The zero-order valence-electron chi connectivity index (χ0n) is 11.7. The summed E-state index contributed by atoms with van der Waals surface area (Å²) < 4.78 is 14.4. The SMILES string of the molecule is C=C(C)C(=O)OCC(=O)OCC(=O)OC1CCCCC1. The number of carbonyl (C=O) groups excluding carboxylic acids is 3. The first-order valence-corrected chi connectivity index (χ1v) is 6.66. The fourth-order valence-electron chi connectivity index (χ4n) is 1.83. The molecule has 0 bridgehead atoms. The summed E-state index contributed by atoms with van der Waals surface area (Å²) in [6.07, 6.45) is 4.91. The molecule has 0 unspecified atom stereocenters. The maximum atomic E-state index is 11.4. The molecule has 112 valence electrons. The largest absolute Gasteiger partial charge is 0.460 e. The van der Waals surface area contributed by atoms with Crippen LogP contribution in [0.3, 0.4) is 0 Å². The van der Waals surface area contributed by atoms with Gasteiger partial charge < -0.3 is 14.2 Å². The van der Waals surface area contributed by atoms with E-state index in [4.69, 9.17) is 4.74 Å². The minimum atomic E-state index is -0.791. The molecule has 0 aromatic heterocycles. The first-order valence-electron chi connectivity index (χ1n) is 6.66. The van der Waals surface area contributed by atoms with Gasteiger partial charge in [0.25, 0.3) is 0 Å². The van der Waals surface area contributed by atoms with Gasteiger partial charge in [-0.25, -0.2) is 14.4 Å². The predicted octanol–water partition coefficient (Wildman–Crippen LogP) is 1.52. The molecule has 0 atom stereocenters. The van der Waals surface area contributed by atoms with Gasteiger partial charge in [-0.15, -0.1) is 0 Å². The van der Waals surface area contributed by atoms with Gasteiger partial charge in [-0.2, -0.15) is 0 Å². The quantitative estimate of drug-likeness (QED) is 0.418. The summed E-state index contributed by atoms with van der Waals surface area (Å²) in [6.45, 7) is 3.84. The van der Waals surface area contributed by atoms with Gasteiger partial charge >= 0.3 is 17.9 Å². The number of hydrogen-bond donors (Lipinski definition) is 0. The molecule has 6 heteroatoms. The van der Waals surface area contributed by atoms with Crippen LogP contribution in [0.25, 0.3) is 0 Å². The van der Waals surface area contributed by atoms with Gasteiger partial charge in [0.05, 0.1) is 0 Å². The van der Waals surface area contributed by atoms with Crippen LogP contribution in [0.15, 0.2) is 12.2 Å². The fourth-order valence-corrected chi connectivity index (χ4v) is 1.83. The maximum absolute atomic E-state index is 11.4. The summed E-state index contributed by atoms with van der Waals surface area (Å²) in [5, 5.41) is 0. The zero-order valence-corrected chi connectivity index (χ0v) is 11.7. The molecule has 0 aromatic carbocycles. The fraction of sp³-hybridized carbons (Fsp3) is 0.643. The minimum Gasteiger partial charge on any atom is -0.460 e. The van der Waals surface area contributed by atoms with E-state index in [-0.39, 0.29) is 11.7 Å². The Hall–Kier alpha value is -1.85. The molecule has 0 spiro atoms. The average molecular weight is 284 g/mol. The van der Waals surface area contributed by atoms with E-state index in [0.29, 0.717) is 0 Å². The molecule has 0 saturated heterocycles. The molecule has 0 aliphatic heterocycles. The molecule has 20 heavy (non-hydrogen) atoms. The van der Waals surface area contributed by atoms with Crippen LogP contribution >= 0.6 is 0 Å². The van der Waals surface area contributed by atoms with Gasteiger partial charge in [-0.1, -0.05) is 13.0 Å². The first-order chi connectivity index (χ1) is 9.49. The molecular weight excluding hydrogens is 264 g/mol. The Kier molecular flexibility index (Phi) is 6.76. The van der Waals surface area contributed by atoms with Crippen LogP contribution in [0.1, 0.15) is 39.0 Å². The molecule has 1 aliphatic carbocycles. The predicted molar refractivity (Wildman–Crippen MR) is 69.7 cm³/mol. The maximum Gasteiger partial charge on any atom is 0.344 e. The Morgan fingerprint density at radius 2 is 1.60 bits per heavy atom. The van der Waals surface area contributed by atoms with Crippen molar-refractivity contribution in [3.05, 3.63) is 12.2 Å². The molecule has 1 fully saturated rings. The Morgan fingerprint density at radius 1 is 1.00 bits per heavy atom. The Balaban J connectivity index is 2.15. The molecule has 1 rings (SSSR count). The number of esters is 3. The molecule has 0 radical (unpaired) electrons. The number of hydrogen-bond acceptors (Lipinski definition) is 6. The lowest BCUT2D eigenvalue weighted by Gasteiger charge is -2.21. The summed E-state index contributed by atoms with van der Waals surface area (Å²) in [6, 6.07) is 0. The lowest BCUT2D eigenvalue weighted by Crippen LogP contribution is -2.26. The van der Waals surface area contributed by atoms with E-state index in [1.165, 1.54) is 6.92 Å². The van der Waals surface area contributed by atoms with Crippen LogP contribution in [0.2, 0.25) is 0 Å². The Bertz CT molecular complexity index is 381. The van der Waals surface area contributed by atoms with Gasteiger partial charge in [-0.3, -0.25) is 0 Å². The minimum absolute atomic E-state index is 0.0730. The highest BCUT2D eigenvalue weighted by Crippen LogP contribution is 2.20. The lowest BCUT2D eigenvalue weighted by molar-refractivity contribution is -0.166. The third-order valence-corrected chi connectivity index (χ3v) is 2.87. The van der Waals surface area contributed by atoms with Crippen LogP contribution in [0, 0.1) is 0 Å². The molecule has 1 saturated carbocycles. The number of carbonyl (C=O) groups is 3. The van der Waals surface area contributed by atoms with Crippen LogP contribution < -0.4 is 0 Å². The van der Waals surface area contributed by atoms with Crippen molar-refractivity contribution in [3.8, 4) is 0 Å². The highest BCUT2D eigenvalue weighted by Gasteiger charge is 2.19. The van der Waals surface area contributed by atoms with E-state index in [1.54, 1.807) is 0 Å². The Morgan fingerprint density at radius 3 is 2.20 bits per heavy atom. The summed E-state index contributed by atoms with van der Waals surface area (Å²) in [5.41, 5.74) is 0.189. The van der Waals surface area contributed by atoms with E-state index in [9.17, 15) is 14.4 Å². The number of ether oxygens (including phenoxy) is 3. The summed E-state index contributed by atoms with van der Waals surface area (Å²) in [4.78, 5) is 33.7. The second-order valence-corrected chi connectivity index (χ2v) is 4.77. The Labute approximate surface area is 118 Å². The highest BCUT2D eigenvalue weighted by atomic mass is 16.6. The molecule has 0 amide bonds. The topological polar surface area (TPSA) is 78.9 Å². The summed E-state index contributed by atoms with van der Waals surface area (Å²) >= 11 is 0. The van der Waals surface area contributed by atoms with E-state index in [2.05, 4.69) is 16.1 Å². The standard InChI is InChI=1S/C14H20O6/c1-10(2)14(17)19-8-12(15)18-9-13(16)20-11-6-4-3-5-7-11/h11H,1,3-9H2,2H3. The van der Waals surface area contributed by atoms with Crippen LogP contribution in [0.4, 0.5) is 0 Å². The molecule has 0 aromatic rings. The van der Waals surface area contributed by atoms with Crippen LogP contribution in [-0.4, -0.2) is 37.2 Å². The average Bonchev–Trinajstić information content (AvgIpc) is 2.43. The van der Waals surface area contributed by atoms with Crippen molar-refractivity contribution in [1.29, 1.82) is 0 Å². The van der Waals surface area contributed by atoms with Crippen molar-refractivity contribution >= 4 is 17.9 Å². The van der Waals surface area contributed by atoms with Crippen LogP contribution in [-0.2, 0) is 28.6 Å². The van der Waals surface area contributed by atoms with Gasteiger partial charge in [-0.05, 0) is 32.6 Å². The van der Waals surface area contributed by atoms with Gasteiger partial charge in [0.15, 0.2) is 13.2 Å². The van der Waals surface area contributed by atoms with Crippen molar-refractivity contribution in [2.45, 2.75) is 45.1 Å².